The van der Waals surface area contributed by atoms with Crippen LogP contribution in [0.15, 0.2) is 28.7 Å². The predicted octanol–water partition coefficient (Wildman–Crippen LogP) is 3.01. The van der Waals surface area contributed by atoms with Gasteiger partial charge in [-0.15, -0.1) is 0 Å². The summed E-state index contributed by atoms with van der Waals surface area (Å²) in [5.41, 5.74) is 0.737. The van der Waals surface area contributed by atoms with E-state index in [1.54, 1.807) is 0 Å². The molecule has 17 heavy (non-hydrogen) atoms. The molecule has 1 aromatic rings. The van der Waals surface area contributed by atoms with Crippen molar-refractivity contribution < 1.29 is 9.90 Å². The van der Waals surface area contributed by atoms with Gasteiger partial charge in [-0.25, -0.2) is 0 Å². The van der Waals surface area contributed by atoms with Crippen molar-refractivity contribution in [3.8, 4) is 0 Å². The lowest BCUT2D eigenvalue weighted by atomic mass is 9.98. The zero-order valence-corrected chi connectivity index (χ0v) is 11.9. The maximum Gasteiger partial charge on any atom is 0.312 e. The fourth-order valence-electron chi connectivity index (χ4n) is 1.45. The van der Waals surface area contributed by atoms with E-state index in [0.29, 0.717) is 6.54 Å². The van der Waals surface area contributed by atoms with E-state index in [0.717, 1.165) is 10.0 Å². The average Bonchev–Trinajstić information content (AvgIpc) is 2.18. The average molecular weight is 300 g/mol. The second kappa shape index (κ2) is 5.65. The minimum absolute atomic E-state index is 0.0803. The Morgan fingerprint density at radius 1 is 1.35 bits per heavy atom. The van der Waals surface area contributed by atoms with Crippen LogP contribution in [0, 0.1) is 0 Å². The number of nitrogens with one attached hydrogen (secondary N) is 1. The number of carbonyl (C=O) groups is 1. The molecule has 1 aromatic carbocycles. The Labute approximate surface area is 110 Å². The SMILES string of the molecule is CC(C)(C)NC[C@@H](C(=O)O)c1ccc(Br)cc1. The highest BCUT2D eigenvalue weighted by molar-refractivity contribution is 9.10. The molecule has 0 aromatic heterocycles. The van der Waals surface area contributed by atoms with Crippen molar-refractivity contribution in [3.63, 3.8) is 0 Å². The summed E-state index contributed by atoms with van der Waals surface area (Å²) in [6.07, 6.45) is 0. The number of hydrogen-bond donors (Lipinski definition) is 2. The maximum atomic E-state index is 11.3. The fraction of sp³-hybridized carbons (Fsp3) is 0.462. The third-order valence-corrected chi connectivity index (χ3v) is 2.94. The summed E-state index contributed by atoms with van der Waals surface area (Å²) in [6, 6.07) is 7.41. The van der Waals surface area contributed by atoms with E-state index in [-0.39, 0.29) is 5.54 Å². The van der Waals surface area contributed by atoms with Gasteiger partial charge in [0.15, 0.2) is 0 Å². The summed E-state index contributed by atoms with van der Waals surface area (Å²) in [7, 11) is 0. The molecule has 94 valence electrons. The van der Waals surface area contributed by atoms with Gasteiger partial charge in [-0.2, -0.15) is 0 Å². The van der Waals surface area contributed by atoms with E-state index in [4.69, 9.17) is 0 Å². The van der Waals surface area contributed by atoms with Gasteiger partial charge in [-0.3, -0.25) is 4.79 Å². The number of carboxylic acids is 1. The number of benzene rings is 1. The molecule has 0 aliphatic rings. The van der Waals surface area contributed by atoms with Crippen molar-refractivity contribution in [2.24, 2.45) is 0 Å². The molecule has 0 aliphatic heterocycles. The molecular weight excluding hydrogens is 282 g/mol. The zero-order valence-electron chi connectivity index (χ0n) is 10.3. The molecule has 0 saturated carbocycles. The Kier molecular flexibility index (Phi) is 4.71. The van der Waals surface area contributed by atoms with Crippen molar-refractivity contribution in [2.75, 3.05) is 6.54 Å². The number of aliphatic carboxylic acids is 1. The molecule has 0 heterocycles. The first-order chi connectivity index (χ1) is 7.79. The van der Waals surface area contributed by atoms with Gasteiger partial charge in [-0.05, 0) is 38.5 Å². The van der Waals surface area contributed by atoms with Crippen LogP contribution in [0.4, 0.5) is 0 Å². The van der Waals surface area contributed by atoms with Gasteiger partial charge in [0, 0.05) is 16.6 Å². The Balaban J connectivity index is 2.79. The first-order valence-corrected chi connectivity index (χ1v) is 6.32. The molecule has 0 radical (unpaired) electrons. The molecular formula is C13H18BrNO2. The summed E-state index contributed by atoms with van der Waals surface area (Å²) in [5.74, 6) is -1.31. The van der Waals surface area contributed by atoms with Crippen LogP contribution in [0.1, 0.15) is 32.3 Å². The molecule has 0 amide bonds. The molecule has 1 rings (SSSR count). The van der Waals surface area contributed by atoms with Crippen LogP contribution >= 0.6 is 15.9 Å². The van der Waals surface area contributed by atoms with Crippen molar-refractivity contribution in [3.05, 3.63) is 34.3 Å². The van der Waals surface area contributed by atoms with Gasteiger partial charge < -0.3 is 10.4 Å². The molecule has 0 saturated heterocycles. The van der Waals surface area contributed by atoms with E-state index < -0.39 is 11.9 Å². The van der Waals surface area contributed by atoms with E-state index >= 15 is 0 Å². The van der Waals surface area contributed by atoms with Crippen molar-refractivity contribution >= 4 is 21.9 Å². The highest BCUT2D eigenvalue weighted by atomic mass is 79.9. The second-order valence-corrected chi connectivity index (χ2v) is 5.99. The summed E-state index contributed by atoms with van der Waals surface area (Å²) >= 11 is 3.34. The molecule has 0 unspecified atom stereocenters. The predicted molar refractivity (Wildman–Crippen MR) is 72.3 cm³/mol. The third-order valence-electron chi connectivity index (χ3n) is 2.41. The minimum Gasteiger partial charge on any atom is -0.481 e. The molecule has 0 aliphatic carbocycles. The summed E-state index contributed by atoms with van der Waals surface area (Å²) in [4.78, 5) is 11.3. The topological polar surface area (TPSA) is 49.3 Å². The summed E-state index contributed by atoms with van der Waals surface area (Å²) in [6.45, 7) is 6.49. The monoisotopic (exact) mass is 299 g/mol. The normalized spacial score (nSPS) is 13.4. The van der Waals surface area contributed by atoms with Gasteiger partial charge in [0.25, 0.3) is 0 Å². The van der Waals surface area contributed by atoms with Gasteiger partial charge in [0.1, 0.15) is 0 Å². The van der Waals surface area contributed by atoms with Crippen LogP contribution in [-0.4, -0.2) is 23.2 Å². The van der Waals surface area contributed by atoms with Crippen LogP contribution in [0.3, 0.4) is 0 Å². The number of hydrogen-bond acceptors (Lipinski definition) is 2. The number of halogens is 1. The van der Waals surface area contributed by atoms with E-state index in [2.05, 4.69) is 21.2 Å². The van der Waals surface area contributed by atoms with Crippen LogP contribution in [0.25, 0.3) is 0 Å². The Bertz CT molecular complexity index is 381. The highest BCUT2D eigenvalue weighted by Crippen LogP contribution is 2.19. The smallest absolute Gasteiger partial charge is 0.312 e. The highest BCUT2D eigenvalue weighted by Gasteiger charge is 2.21. The van der Waals surface area contributed by atoms with E-state index in [1.807, 2.05) is 45.0 Å². The summed E-state index contributed by atoms with van der Waals surface area (Å²) in [5, 5.41) is 12.5. The standard InChI is InChI=1S/C13H18BrNO2/c1-13(2,3)15-8-11(12(16)17)9-4-6-10(14)7-5-9/h4-7,11,15H,8H2,1-3H3,(H,16,17)/t11-/m1/s1. The van der Waals surface area contributed by atoms with Crippen LogP contribution < -0.4 is 5.32 Å². The van der Waals surface area contributed by atoms with Crippen LogP contribution in [-0.2, 0) is 4.79 Å². The molecule has 0 spiro atoms. The van der Waals surface area contributed by atoms with Crippen molar-refractivity contribution in [1.82, 2.24) is 5.32 Å². The van der Waals surface area contributed by atoms with Gasteiger partial charge in [0.05, 0.1) is 5.92 Å². The molecule has 3 nitrogen and oxygen atoms in total. The molecule has 0 bridgehead atoms. The van der Waals surface area contributed by atoms with Gasteiger partial charge in [0.2, 0.25) is 0 Å². The first-order valence-electron chi connectivity index (χ1n) is 5.53. The number of rotatable bonds is 4. The molecule has 2 N–H and O–H groups in total. The lowest BCUT2D eigenvalue weighted by Gasteiger charge is -2.23. The van der Waals surface area contributed by atoms with E-state index in [1.165, 1.54) is 0 Å². The molecule has 1 atom stereocenters. The Morgan fingerprint density at radius 3 is 2.29 bits per heavy atom. The third kappa shape index (κ3) is 4.88. The number of carboxylic acid groups (broad SMARTS) is 1. The lowest BCUT2D eigenvalue weighted by Crippen LogP contribution is -2.40. The maximum absolute atomic E-state index is 11.3. The molecule has 0 fully saturated rings. The quantitative estimate of drug-likeness (QED) is 0.898. The zero-order chi connectivity index (χ0) is 13.1. The summed E-state index contributed by atoms with van der Waals surface area (Å²) < 4.78 is 0.953. The second-order valence-electron chi connectivity index (χ2n) is 5.07. The van der Waals surface area contributed by atoms with Crippen molar-refractivity contribution in [1.29, 1.82) is 0 Å². The Hall–Kier alpha value is -0.870. The lowest BCUT2D eigenvalue weighted by molar-refractivity contribution is -0.138. The molecule has 4 heteroatoms. The van der Waals surface area contributed by atoms with Crippen LogP contribution in [0.5, 0.6) is 0 Å². The van der Waals surface area contributed by atoms with Gasteiger partial charge >= 0.3 is 5.97 Å². The van der Waals surface area contributed by atoms with Crippen molar-refractivity contribution in [2.45, 2.75) is 32.2 Å². The van der Waals surface area contributed by atoms with E-state index in [9.17, 15) is 9.90 Å². The fourth-order valence-corrected chi connectivity index (χ4v) is 1.72. The van der Waals surface area contributed by atoms with Crippen LogP contribution in [0.2, 0.25) is 0 Å². The largest absolute Gasteiger partial charge is 0.481 e. The van der Waals surface area contributed by atoms with Gasteiger partial charge in [-0.1, -0.05) is 28.1 Å². The first kappa shape index (κ1) is 14.2. The Morgan fingerprint density at radius 2 is 1.88 bits per heavy atom. The minimum atomic E-state index is -0.802.